The highest BCUT2D eigenvalue weighted by atomic mass is 35.5. The molecule has 31 heavy (non-hydrogen) atoms. The first-order valence-electron chi connectivity index (χ1n) is 9.42. The van der Waals surface area contributed by atoms with Crippen molar-refractivity contribution >= 4 is 40.9 Å². The zero-order chi connectivity index (χ0) is 22.0. The molecule has 1 fully saturated rings. The van der Waals surface area contributed by atoms with Gasteiger partial charge in [-0.1, -0.05) is 35.9 Å². The number of nitrogens with zero attached hydrogens (tertiary/aromatic N) is 1. The summed E-state index contributed by atoms with van der Waals surface area (Å²) in [6.07, 6.45) is 0. The predicted molar refractivity (Wildman–Crippen MR) is 118 cm³/mol. The highest BCUT2D eigenvalue weighted by Crippen LogP contribution is 2.39. The summed E-state index contributed by atoms with van der Waals surface area (Å²) in [5.74, 6) is -1.65. The number of hydrogen-bond acceptors (Lipinski definition) is 3. The van der Waals surface area contributed by atoms with Crippen molar-refractivity contribution in [1.82, 2.24) is 4.90 Å². The predicted octanol–water partition coefficient (Wildman–Crippen LogP) is 5.64. The van der Waals surface area contributed by atoms with Crippen molar-refractivity contribution in [3.8, 4) is 0 Å². The van der Waals surface area contributed by atoms with Crippen LogP contribution in [0.4, 0.5) is 14.5 Å². The normalized spacial score (nSPS) is 15.9. The minimum absolute atomic E-state index is 0.0403. The highest BCUT2D eigenvalue weighted by Gasteiger charge is 2.32. The van der Waals surface area contributed by atoms with E-state index in [1.807, 2.05) is 12.1 Å². The lowest BCUT2D eigenvalue weighted by Crippen LogP contribution is -2.27. The Morgan fingerprint density at radius 3 is 2.45 bits per heavy atom. The third-order valence-corrected chi connectivity index (χ3v) is 6.38. The lowest BCUT2D eigenvalue weighted by molar-refractivity contribution is -0.128. The Kier molecular flexibility index (Phi) is 6.25. The molecule has 3 aromatic carbocycles. The molecule has 4 rings (SSSR count). The van der Waals surface area contributed by atoms with Gasteiger partial charge in [-0.15, -0.1) is 11.8 Å². The molecule has 2 amide bonds. The Hall–Kier alpha value is -2.90. The second-order valence-electron chi connectivity index (χ2n) is 7.01. The van der Waals surface area contributed by atoms with Gasteiger partial charge in [0, 0.05) is 23.2 Å². The van der Waals surface area contributed by atoms with E-state index in [4.69, 9.17) is 11.6 Å². The van der Waals surface area contributed by atoms with Gasteiger partial charge < -0.3 is 10.2 Å². The first-order chi connectivity index (χ1) is 14.9. The second-order valence-corrected chi connectivity index (χ2v) is 8.52. The van der Waals surface area contributed by atoms with Crippen LogP contribution >= 0.6 is 23.4 Å². The van der Waals surface area contributed by atoms with Crippen LogP contribution in [0.3, 0.4) is 0 Å². The Morgan fingerprint density at radius 1 is 1.06 bits per heavy atom. The zero-order valence-electron chi connectivity index (χ0n) is 16.1. The van der Waals surface area contributed by atoms with Crippen LogP contribution in [0.25, 0.3) is 0 Å². The number of hydrogen-bond donors (Lipinski definition) is 1. The summed E-state index contributed by atoms with van der Waals surface area (Å²) in [6.45, 7) is 0.458. The minimum Gasteiger partial charge on any atom is -0.322 e. The Bertz CT molecular complexity index is 1120. The molecule has 1 saturated heterocycles. The lowest BCUT2D eigenvalue weighted by Gasteiger charge is -2.24. The molecule has 0 saturated carbocycles. The van der Waals surface area contributed by atoms with E-state index in [1.54, 1.807) is 41.3 Å². The van der Waals surface area contributed by atoms with Gasteiger partial charge in [0.2, 0.25) is 5.91 Å². The smallest absolute Gasteiger partial charge is 0.255 e. The van der Waals surface area contributed by atoms with Gasteiger partial charge in [0.15, 0.2) is 0 Å². The maximum absolute atomic E-state index is 13.8. The van der Waals surface area contributed by atoms with E-state index in [0.717, 1.165) is 17.2 Å². The molecule has 4 nitrogen and oxygen atoms in total. The monoisotopic (exact) mass is 458 g/mol. The van der Waals surface area contributed by atoms with Crippen LogP contribution in [0.5, 0.6) is 0 Å². The fraction of sp³-hybridized carbons (Fsp3) is 0.130. The summed E-state index contributed by atoms with van der Waals surface area (Å²) in [5.41, 5.74) is 2.09. The molecule has 1 atom stereocenters. The largest absolute Gasteiger partial charge is 0.322 e. The molecule has 1 heterocycles. The van der Waals surface area contributed by atoms with Gasteiger partial charge >= 0.3 is 0 Å². The first-order valence-corrected chi connectivity index (χ1v) is 10.9. The Morgan fingerprint density at radius 2 is 1.77 bits per heavy atom. The summed E-state index contributed by atoms with van der Waals surface area (Å²) in [7, 11) is 0. The van der Waals surface area contributed by atoms with E-state index < -0.39 is 17.5 Å². The summed E-state index contributed by atoms with van der Waals surface area (Å²) < 4.78 is 26.8. The molecule has 0 aromatic heterocycles. The average Bonchev–Trinajstić information content (AvgIpc) is 3.12. The fourth-order valence-corrected chi connectivity index (χ4v) is 4.59. The number of thioether (sulfide) groups is 1. The zero-order valence-corrected chi connectivity index (χ0v) is 17.7. The number of amides is 2. The summed E-state index contributed by atoms with van der Waals surface area (Å²) >= 11 is 7.45. The maximum Gasteiger partial charge on any atom is 0.255 e. The van der Waals surface area contributed by atoms with E-state index in [-0.39, 0.29) is 17.0 Å². The minimum atomic E-state index is -0.844. The van der Waals surface area contributed by atoms with Crippen molar-refractivity contribution in [2.24, 2.45) is 0 Å². The average molecular weight is 459 g/mol. The molecule has 1 aliphatic heterocycles. The van der Waals surface area contributed by atoms with Gasteiger partial charge in [-0.25, -0.2) is 8.78 Å². The fourth-order valence-electron chi connectivity index (χ4n) is 3.27. The molecule has 3 aromatic rings. The van der Waals surface area contributed by atoms with Crippen LogP contribution in [0.15, 0.2) is 66.7 Å². The maximum atomic E-state index is 13.8. The third kappa shape index (κ3) is 4.89. The second kappa shape index (κ2) is 9.08. The molecular weight excluding hydrogens is 442 g/mol. The van der Waals surface area contributed by atoms with E-state index in [9.17, 15) is 18.4 Å². The molecule has 1 N–H and O–H groups in total. The van der Waals surface area contributed by atoms with Gasteiger partial charge in [-0.2, -0.15) is 0 Å². The van der Waals surface area contributed by atoms with Gasteiger partial charge in [0.25, 0.3) is 5.91 Å². The van der Waals surface area contributed by atoms with Crippen LogP contribution in [-0.2, 0) is 11.3 Å². The molecule has 158 valence electrons. The van der Waals surface area contributed by atoms with E-state index in [0.29, 0.717) is 29.0 Å². The number of rotatable bonds is 5. The Balaban J connectivity index is 1.48. The van der Waals surface area contributed by atoms with Crippen LogP contribution in [0.1, 0.15) is 26.9 Å². The van der Waals surface area contributed by atoms with Crippen molar-refractivity contribution < 1.29 is 18.4 Å². The van der Waals surface area contributed by atoms with Crippen LogP contribution < -0.4 is 5.32 Å². The number of benzene rings is 3. The molecule has 0 radical (unpaired) electrons. The van der Waals surface area contributed by atoms with Crippen molar-refractivity contribution in [2.45, 2.75) is 11.9 Å². The number of nitrogens with one attached hydrogen (secondary N) is 1. The summed E-state index contributed by atoms with van der Waals surface area (Å²) in [4.78, 5) is 26.6. The summed E-state index contributed by atoms with van der Waals surface area (Å²) in [5, 5.41) is 2.90. The number of carbonyl (C=O) groups excluding carboxylic acids is 2. The van der Waals surface area contributed by atoms with Crippen LogP contribution in [0.2, 0.25) is 5.02 Å². The highest BCUT2D eigenvalue weighted by molar-refractivity contribution is 8.00. The van der Waals surface area contributed by atoms with E-state index >= 15 is 0 Å². The third-order valence-electron chi connectivity index (χ3n) is 4.87. The van der Waals surface area contributed by atoms with Crippen LogP contribution in [0, 0.1) is 11.6 Å². The van der Waals surface area contributed by atoms with Crippen molar-refractivity contribution in [3.05, 3.63) is 100 Å². The SMILES string of the molecule is O=C(Nc1ccc(F)cc1F)c1ccc([C@@H]2SCC(=O)N2Cc2ccc(Cl)cc2)cc1. The van der Waals surface area contributed by atoms with Gasteiger partial charge in [-0.05, 0) is 47.5 Å². The number of halogens is 3. The molecule has 0 aliphatic carbocycles. The van der Waals surface area contributed by atoms with Crippen molar-refractivity contribution in [2.75, 3.05) is 11.1 Å². The number of carbonyl (C=O) groups is 2. The van der Waals surface area contributed by atoms with E-state index in [1.165, 1.54) is 17.8 Å². The molecule has 0 unspecified atom stereocenters. The summed E-state index contributed by atoms with van der Waals surface area (Å²) in [6, 6.07) is 17.1. The Labute approximate surface area is 187 Å². The van der Waals surface area contributed by atoms with Gasteiger partial charge in [-0.3, -0.25) is 9.59 Å². The van der Waals surface area contributed by atoms with Crippen molar-refractivity contribution in [3.63, 3.8) is 0 Å². The van der Waals surface area contributed by atoms with Crippen molar-refractivity contribution in [1.29, 1.82) is 0 Å². The van der Waals surface area contributed by atoms with Crippen LogP contribution in [-0.4, -0.2) is 22.5 Å². The molecule has 8 heteroatoms. The van der Waals surface area contributed by atoms with Gasteiger partial charge in [0.1, 0.15) is 17.0 Å². The molecule has 1 aliphatic rings. The first kappa shape index (κ1) is 21.3. The molecule has 0 bridgehead atoms. The standard InChI is InChI=1S/C23H17ClF2N2O2S/c24-17-7-1-14(2-8-17)12-28-21(29)13-31-23(28)16-5-3-15(4-6-16)22(30)27-20-10-9-18(25)11-19(20)26/h1-11,23H,12-13H2,(H,27,30)/t23-/m0/s1. The molecular formula is C23H17ClF2N2O2S. The lowest BCUT2D eigenvalue weighted by atomic mass is 10.1. The van der Waals surface area contributed by atoms with Gasteiger partial charge in [0.05, 0.1) is 11.4 Å². The molecule has 0 spiro atoms. The van der Waals surface area contributed by atoms with E-state index in [2.05, 4.69) is 5.32 Å². The topological polar surface area (TPSA) is 49.4 Å². The quantitative estimate of drug-likeness (QED) is 0.538. The number of anilines is 1.